The lowest BCUT2D eigenvalue weighted by molar-refractivity contribution is 0.193. The zero-order valence-electron chi connectivity index (χ0n) is 12.1. The third-order valence-corrected chi connectivity index (χ3v) is 4.55. The summed E-state index contributed by atoms with van der Waals surface area (Å²) in [7, 11) is 0. The Hall–Kier alpha value is -0.610. The molecule has 2 rings (SSSR count). The van der Waals surface area contributed by atoms with Crippen molar-refractivity contribution < 1.29 is 5.11 Å². The van der Waals surface area contributed by atoms with Crippen molar-refractivity contribution in [2.75, 3.05) is 19.7 Å². The standard InChI is InChI=1S/C16H25ClN2O/c1-2-15(18)16(13-4-3-5-14(17)10-13)19-8-6-12(11-19)7-9-20/h3-5,10,12,15-16,20H,2,6-9,11,18H2,1H3. The Balaban J connectivity index is 2.16. The summed E-state index contributed by atoms with van der Waals surface area (Å²) in [5, 5.41) is 9.87. The Morgan fingerprint density at radius 2 is 2.30 bits per heavy atom. The van der Waals surface area contributed by atoms with E-state index in [9.17, 15) is 0 Å². The van der Waals surface area contributed by atoms with Gasteiger partial charge < -0.3 is 10.8 Å². The van der Waals surface area contributed by atoms with Crippen molar-refractivity contribution in [3.8, 4) is 0 Å². The van der Waals surface area contributed by atoms with Crippen LogP contribution in [0.4, 0.5) is 0 Å². The van der Waals surface area contributed by atoms with Crippen LogP contribution in [0, 0.1) is 5.92 Å². The first kappa shape index (κ1) is 15.8. The average Bonchev–Trinajstić information content (AvgIpc) is 2.87. The summed E-state index contributed by atoms with van der Waals surface area (Å²) in [5.41, 5.74) is 7.57. The maximum Gasteiger partial charge on any atom is 0.0499 e. The highest BCUT2D eigenvalue weighted by Crippen LogP contribution is 2.32. The molecule has 1 saturated heterocycles. The fourth-order valence-corrected chi connectivity index (χ4v) is 3.37. The average molecular weight is 297 g/mol. The highest BCUT2D eigenvalue weighted by Gasteiger charge is 2.31. The van der Waals surface area contributed by atoms with Crippen LogP contribution in [0.2, 0.25) is 5.02 Å². The van der Waals surface area contributed by atoms with Crippen LogP contribution in [0.5, 0.6) is 0 Å². The van der Waals surface area contributed by atoms with Gasteiger partial charge in [-0.2, -0.15) is 0 Å². The molecule has 0 aliphatic carbocycles. The van der Waals surface area contributed by atoms with Gasteiger partial charge in [-0.05, 0) is 49.4 Å². The third kappa shape index (κ3) is 3.73. The minimum Gasteiger partial charge on any atom is -0.396 e. The van der Waals surface area contributed by atoms with Crippen LogP contribution >= 0.6 is 11.6 Å². The van der Waals surface area contributed by atoms with E-state index >= 15 is 0 Å². The molecule has 3 atom stereocenters. The molecule has 4 heteroatoms. The van der Waals surface area contributed by atoms with Gasteiger partial charge in [-0.15, -0.1) is 0 Å². The van der Waals surface area contributed by atoms with Crippen molar-refractivity contribution in [2.24, 2.45) is 11.7 Å². The molecule has 112 valence electrons. The molecule has 1 aromatic carbocycles. The first-order valence-corrected chi connectivity index (χ1v) is 7.89. The van der Waals surface area contributed by atoms with E-state index in [-0.39, 0.29) is 18.7 Å². The SMILES string of the molecule is CCC(N)C(c1cccc(Cl)c1)N1CCC(CCO)C1. The van der Waals surface area contributed by atoms with Crippen molar-refractivity contribution >= 4 is 11.6 Å². The number of hydrogen-bond acceptors (Lipinski definition) is 3. The Kier molecular flexibility index (Phi) is 5.85. The predicted octanol–water partition coefficient (Wildman–Crippen LogP) is 2.82. The Bertz CT molecular complexity index is 427. The van der Waals surface area contributed by atoms with Crippen molar-refractivity contribution in [1.82, 2.24) is 4.90 Å². The first-order valence-electron chi connectivity index (χ1n) is 7.51. The van der Waals surface area contributed by atoms with Crippen LogP contribution in [-0.2, 0) is 0 Å². The van der Waals surface area contributed by atoms with Gasteiger partial charge in [-0.3, -0.25) is 4.90 Å². The molecule has 20 heavy (non-hydrogen) atoms. The van der Waals surface area contributed by atoms with Crippen LogP contribution in [0.1, 0.15) is 37.8 Å². The zero-order valence-corrected chi connectivity index (χ0v) is 12.9. The second kappa shape index (κ2) is 7.41. The molecule has 3 nitrogen and oxygen atoms in total. The molecule has 0 aromatic heterocycles. The predicted molar refractivity (Wildman–Crippen MR) is 83.8 cm³/mol. The van der Waals surface area contributed by atoms with Gasteiger partial charge >= 0.3 is 0 Å². The first-order chi connectivity index (χ1) is 9.65. The summed E-state index contributed by atoms with van der Waals surface area (Å²) >= 11 is 6.13. The van der Waals surface area contributed by atoms with Crippen LogP contribution in [-0.4, -0.2) is 35.7 Å². The van der Waals surface area contributed by atoms with E-state index in [1.54, 1.807) is 0 Å². The fraction of sp³-hybridized carbons (Fsp3) is 0.625. The summed E-state index contributed by atoms with van der Waals surface area (Å²) in [6.07, 6.45) is 2.98. The largest absolute Gasteiger partial charge is 0.396 e. The van der Waals surface area contributed by atoms with Crippen molar-refractivity contribution in [1.29, 1.82) is 0 Å². The lowest BCUT2D eigenvalue weighted by Gasteiger charge is -2.33. The Morgan fingerprint density at radius 1 is 1.50 bits per heavy atom. The molecule has 0 saturated carbocycles. The molecule has 3 unspecified atom stereocenters. The van der Waals surface area contributed by atoms with E-state index in [2.05, 4.69) is 17.9 Å². The third-order valence-electron chi connectivity index (χ3n) is 4.32. The van der Waals surface area contributed by atoms with E-state index < -0.39 is 0 Å². The summed E-state index contributed by atoms with van der Waals surface area (Å²) in [4.78, 5) is 2.46. The number of nitrogens with zero attached hydrogens (tertiary/aromatic N) is 1. The fourth-order valence-electron chi connectivity index (χ4n) is 3.18. The monoisotopic (exact) mass is 296 g/mol. The molecule has 3 N–H and O–H groups in total. The molecular formula is C16H25ClN2O. The summed E-state index contributed by atoms with van der Waals surface area (Å²) < 4.78 is 0. The Morgan fingerprint density at radius 3 is 2.95 bits per heavy atom. The maximum atomic E-state index is 9.10. The maximum absolute atomic E-state index is 9.10. The summed E-state index contributed by atoms with van der Waals surface area (Å²) in [5.74, 6) is 0.589. The van der Waals surface area contributed by atoms with E-state index in [0.29, 0.717) is 5.92 Å². The van der Waals surface area contributed by atoms with Gasteiger partial charge in [0, 0.05) is 30.3 Å². The van der Waals surface area contributed by atoms with Crippen LogP contribution in [0.15, 0.2) is 24.3 Å². The number of nitrogens with two attached hydrogens (primary N) is 1. The Labute approximate surface area is 126 Å². The topological polar surface area (TPSA) is 49.5 Å². The van der Waals surface area contributed by atoms with E-state index in [4.69, 9.17) is 22.4 Å². The quantitative estimate of drug-likeness (QED) is 0.849. The lowest BCUT2D eigenvalue weighted by Crippen LogP contribution is -2.39. The highest BCUT2D eigenvalue weighted by molar-refractivity contribution is 6.30. The molecule has 1 aliphatic heterocycles. The van der Waals surface area contributed by atoms with Gasteiger partial charge in [0.1, 0.15) is 0 Å². The van der Waals surface area contributed by atoms with Gasteiger partial charge in [-0.1, -0.05) is 30.7 Å². The molecule has 0 radical (unpaired) electrons. The number of halogens is 1. The van der Waals surface area contributed by atoms with Crippen molar-refractivity contribution in [3.63, 3.8) is 0 Å². The number of aliphatic hydroxyl groups excluding tert-OH is 1. The van der Waals surface area contributed by atoms with Crippen molar-refractivity contribution in [3.05, 3.63) is 34.9 Å². The minimum absolute atomic E-state index is 0.112. The number of benzene rings is 1. The van der Waals surface area contributed by atoms with Crippen LogP contribution in [0.25, 0.3) is 0 Å². The van der Waals surface area contributed by atoms with Crippen molar-refractivity contribution in [2.45, 2.75) is 38.3 Å². The zero-order chi connectivity index (χ0) is 14.5. The van der Waals surface area contributed by atoms with Gasteiger partial charge in [-0.25, -0.2) is 0 Å². The molecule has 0 amide bonds. The molecule has 0 spiro atoms. The summed E-state index contributed by atoms with van der Waals surface area (Å²) in [6.45, 7) is 4.48. The van der Waals surface area contributed by atoms with Crippen LogP contribution < -0.4 is 5.73 Å². The molecular weight excluding hydrogens is 272 g/mol. The smallest absolute Gasteiger partial charge is 0.0499 e. The number of rotatable bonds is 6. The second-order valence-electron chi connectivity index (χ2n) is 5.73. The van der Waals surface area contributed by atoms with E-state index in [1.165, 1.54) is 5.56 Å². The second-order valence-corrected chi connectivity index (χ2v) is 6.17. The van der Waals surface area contributed by atoms with E-state index in [0.717, 1.165) is 37.4 Å². The number of likely N-dealkylation sites (tertiary alicyclic amines) is 1. The normalized spacial score (nSPS) is 22.9. The number of hydrogen-bond donors (Lipinski definition) is 2. The molecule has 1 aliphatic rings. The molecule has 1 aromatic rings. The molecule has 1 fully saturated rings. The van der Waals surface area contributed by atoms with Gasteiger partial charge in [0.25, 0.3) is 0 Å². The van der Waals surface area contributed by atoms with Gasteiger partial charge in [0.15, 0.2) is 0 Å². The van der Waals surface area contributed by atoms with Gasteiger partial charge in [0.2, 0.25) is 0 Å². The summed E-state index contributed by atoms with van der Waals surface area (Å²) in [6, 6.07) is 8.38. The van der Waals surface area contributed by atoms with Gasteiger partial charge in [0.05, 0.1) is 0 Å². The molecule has 0 bridgehead atoms. The molecule has 1 heterocycles. The number of aliphatic hydroxyl groups is 1. The van der Waals surface area contributed by atoms with E-state index in [1.807, 2.05) is 18.2 Å². The lowest BCUT2D eigenvalue weighted by atomic mass is 9.96. The highest BCUT2D eigenvalue weighted by atomic mass is 35.5. The minimum atomic E-state index is 0.112. The van der Waals surface area contributed by atoms with Crippen LogP contribution in [0.3, 0.4) is 0 Å².